The van der Waals surface area contributed by atoms with Crippen LogP contribution in [0.4, 0.5) is 0 Å². The molecule has 0 aliphatic heterocycles. The standard InChI is InChI=1S/C15H20BrN3/c1-4-11-8-12(19(3)18-11)9-15(17)13-6-5-10(2)7-14(13)16/h5-8,15H,4,9,17H2,1-3H3. The van der Waals surface area contributed by atoms with Crippen LogP contribution in [0.1, 0.15) is 35.5 Å². The number of benzene rings is 1. The fourth-order valence-corrected chi connectivity index (χ4v) is 2.99. The van der Waals surface area contributed by atoms with Gasteiger partial charge >= 0.3 is 0 Å². The first kappa shape index (κ1) is 14.3. The molecule has 0 radical (unpaired) electrons. The maximum Gasteiger partial charge on any atom is 0.0624 e. The Labute approximate surface area is 122 Å². The van der Waals surface area contributed by atoms with Gasteiger partial charge in [-0.3, -0.25) is 4.68 Å². The highest BCUT2D eigenvalue weighted by atomic mass is 79.9. The largest absolute Gasteiger partial charge is 0.324 e. The van der Waals surface area contributed by atoms with E-state index < -0.39 is 0 Å². The summed E-state index contributed by atoms with van der Waals surface area (Å²) in [5.41, 5.74) is 11.0. The van der Waals surface area contributed by atoms with Crippen molar-refractivity contribution in [2.75, 3.05) is 0 Å². The summed E-state index contributed by atoms with van der Waals surface area (Å²) in [5.74, 6) is 0. The molecular formula is C15H20BrN3. The molecule has 2 aromatic rings. The second-order valence-electron chi connectivity index (χ2n) is 4.94. The molecule has 2 N–H and O–H groups in total. The van der Waals surface area contributed by atoms with E-state index in [1.54, 1.807) is 0 Å². The Kier molecular flexibility index (Phi) is 4.42. The number of rotatable bonds is 4. The minimum Gasteiger partial charge on any atom is -0.324 e. The second-order valence-corrected chi connectivity index (χ2v) is 5.79. The summed E-state index contributed by atoms with van der Waals surface area (Å²) in [6, 6.07) is 8.43. The quantitative estimate of drug-likeness (QED) is 0.939. The van der Waals surface area contributed by atoms with E-state index >= 15 is 0 Å². The van der Waals surface area contributed by atoms with Gasteiger partial charge in [0.1, 0.15) is 0 Å². The van der Waals surface area contributed by atoms with Crippen LogP contribution in [0.3, 0.4) is 0 Å². The van der Waals surface area contributed by atoms with Gasteiger partial charge in [0.25, 0.3) is 0 Å². The molecule has 0 spiro atoms. The van der Waals surface area contributed by atoms with Crippen LogP contribution in [0.5, 0.6) is 0 Å². The van der Waals surface area contributed by atoms with E-state index in [1.165, 1.54) is 11.3 Å². The monoisotopic (exact) mass is 321 g/mol. The van der Waals surface area contributed by atoms with Gasteiger partial charge < -0.3 is 5.73 Å². The van der Waals surface area contributed by atoms with E-state index in [2.05, 4.69) is 59.1 Å². The smallest absolute Gasteiger partial charge is 0.0624 e. The molecule has 4 heteroatoms. The minimum atomic E-state index is -0.0184. The molecule has 0 bridgehead atoms. The Morgan fingerprint density at radius 2 is 2.11 bits per heavy atom. The van der Waals surface area contributed by atoms with E-state index in [-0.39, 0.29) is 6.04 Å². The zero-order valence-electron chi connectivity index (χ0n) is 11.7. The van der Waals surface area contributed by atoms with Crippen molar-refractivity contribution >= 4 is 15.9 Å². The van der Waals surface area contributed by atoms with E-state index in [0.29, 0.717) is 0 Å². The molecule has 0 saturated carbocycles. The van der Waals surface area contributed by atoms with E-state index in [9.17, 15) is 0 Å². The molecule has 2 rings (SSSR count). The zero-order valence-corrected chi connectivity index (χ0v) is 13.2. The van der Waals surface area contributed by atoms with Crippen molar-refractivity contribution in [1.82, 2.24) is 9.78 Å². The number of hydrogen-bond donors (Lipinski definition) is 1. The van der Waals surface area contributed by atoms with Crippen molar-refractivity contribution in [3.8, 4) is 0 Å². The average Bonchev–Trinajstić information content (AvgIpc) is 2.70. The molecular weight excluding hydrogens is 302 g/mol. The molecule has 0 saturated heterocycles. The van der Waals surface area contributed by atoms with Crippen LogP contribution < -0.4 is 5.73 Å². The number of nitrogens with zero attached hydrogens (tertiary/aromatic N) is 2. The van der Waals surface area contributed by atoms with Crippen molar-refractivity contribution < 1.29 is 0 Å². The summed E-state index contributed by atoms with van der Waals surface area (Å²) in [4.78, 5) is 0. The number of hydrogen-bond acceptors (Lipinski definition) is 2. The molecule has 102 valence electrons. The highest BCUT2D eigenvalue weighted by molar-refractivity contribution is 9.10. The molecule has 19 heavy (non-hydrogen) atoms. The molecule has 0 aliphatic carbocycles. The lowest BCUT2D eigenvalue weighted by atomic mass is 10.0. The summed E-state index contributed by atoms with van der Waals surface area (Å²) < 4.78 is 3.01. The second kappa shape index (κ2) is 5.88. The maximum absolute atomic E-state index is 6.33. The minimum absolute atomic E-state index is 0.0184. The van der Waals surface area contributed by atoms with Gasteiger partial charge in [0.05, 0.1) is 5.69 Å². The Morgan fingerprint density at radius 1 is 1.37 bits per heavy atom. The predicted octanol–water partition coefficient (Wildman–Crippen LogP) is 3.30. The van der Waals surface area contributed by atoms with Gasteiger partial charge in [-0.2, -0.15) is 5.10 Å². The molecule has 0 aliphatic rings. The highest BCUT2D eigenvalue weighted by Crippen LogP contribution is 2.25. The van der Waals surface area contributed by atoms with Gasteiger partial charge in [-0.15, -0.1) is 0 Å². The SMILES string of the molecule is CCc1cc(CC(N)c2ccc(C)cc2Br)n(C)n1. The Hall–Kier alpha value is -1.13. The van der Waals surface area contributed by atoms with Crippen LogP contribution in [-0.2, 0) is 19.9 Å². The predicted molar refractivity (Wildman–Crippen MR) is 82.1 cm³/mol. The topological polar surface area (TPSA) is 43.8 Å². The fourth-order valence-electron chi connectivity index (χ4n) is 2.20. The third-order valence-electron chi connectivity index (χ3n) is 3.37. The third kappa shape index (κ3) is 3.25. The van der Waals surface area contributed by atoms with Crippen LogP contribution >= 0.6 is 15.9 Å². The van der Waals surface area contributed by atoms with Gasteiger partial charge in [0.2, 0.25) is 0 Å². The van der Waals surface area contributed by atoms with Gasteiger partial charge in [-0.05, 0) is 36.6 Å². The molecule has 1 unspecified atom stereocenters. The van der Waals surface area contributed by atoms with Crippen LogP contribution in [0.15, 0.2) is 28.7 Å². The van der Waals surface area contributed by atoms with Gasteiger partial charge in [-0.1, -0.05) is 35.0 Å². The van der Waals surface area contributed by atoms with E-state index in [4.69, 9.17) is 5.73 Å². The summed E-state index contributed by atoms with van der Waals surface area (Å²) in [7, 11) is 1.98. The molecule has 1 heterocycles. The molecule has 0 amide bonds. The average molecular weight is 322 g/mol. The molecule has 0 fully saturated rings. The Bertz CT molecular complexity index is 575. The van der Waals surface area contributed by atoms with Crippen LogP contribution in [0, 0.1) is 6.92 Å². The molecule has 1 aromatic carbocycles. The van der Waals surface area contributed by atoms with Crippen molar-refractivity contribution in [2.24, 2.45) is 12.8 Å². The van der Waals surface area contributed by atoms with Crippen molar-refractivity contribution in [2.45, 2.75) is 32.7 Å². The summed E-state index contributed by atoms with van der Waals surface area (Å²) in [6.45, 7) is 4.19. The first-order chi connectivity index (χ1) is 9.01. The van der Waals surface area contributed by atoms with Gasteiger partial charge in [-0.25, -0.2) is 0 Å². The lowest BCUT2D eigenvalue weighted by Crippen LogP contribution is -2.16. The number of halogens is 1. The Balaban J connectivity index is 2.20. The first-order valence-electron chi connectivity index (χ1n) is 6.54. The van der Waals surface area contributed by atoms with Crippen LogP contribution in [-0.4, -0.2) is 9.78 Å². The molecule has 1 atom stereocenters. The van der Waals surface area contributed by atoms with E-state index in [1.807, 2.05) is 11.7 Å². The van der Waals surface area contributed by atoms with Crippen LogP contribution in [0.2, 0.25) is 0 Å². The van der Waals surface area contributed by atoms with Crippen LogP contribution in [0.25, 0.3) is 0 Å². The molecule has 1 aromatic heterocycles. The Morgan fingerprint density at radius 3 is 2.68 bits per heavy atom. The molecule has 3 nitrogen and oxygen atoms in total. The lowest BCUT2D eigenvalue weighted by Gasteiger charge is -2.14. The normalized spacial score (nSPS) is 12.7. The highest BCUT2D eigenvalue weighted by Gasteiger charge is 2.13. The van der Waals surface area contributed by atoms with Gasteiger partial charge in [0, 0.05) is 29.7 Å². The summed E-state index contributed by atoms with van der Waals surface area (Å²) >= 11 is 3.60. The first-order valence-corrected chi connectivity index (χ1v) is 7.34. The number of aryl methyl sites for hydroxylation is 3. The van der Waals surface area contributed by atoms with Crippen molar-refractivity contribution in [3.05, 3.63) is 51.3 Å². The van der Waals surface area contributed by atoms with Crippen molar-refractivity contribution in [3.63, 3.8) is 0 Å². The third-order valence-corrected chi connectivity index (χ3v) is 4.06. The summed E-state index contributed by atoms with van der Waals surface area (Å²) in [6.07, 6.45) is 1.75. The number of nitrogens with two attached hydrogens (primary N) is 1. The zero-order chi connectivity index (χ0) is 14.0. The lowest BCUT2D eigenvalue weighted by molar-refractivity contribution is 0.636. The maximum atomic E-state index is 6.33. The number of aromatic nitrogens is 2. The summed E-state index contributed by atoms with van der Waals surface area (Å²) in [5, 5.41) is 4.46. The van der Waals surface area contributed by atoms with Gasteiger partial charge in [0.15, 0.2) is 0 Å². The van der Waals surface area contributed by atoms with Crippen molar-refractivity contribution in [1.29, 1.82) is 0 Å². The fraction of sp³-hybridized carbons (Fsp3) is 0.400. The van der Waals surface area contributed by atoms with E-state index in [0.717, 1.165) is 28.6 Å².